The number of aromatic nitrogens is 2. The van der Waals surface area contributed by atoms with Gasteiger partial charge in [0.2, 0.25) is 0 Å². The van der Waals surface area contributed by atoms with E-state index in [9.17, 15) is 4.79 Å². The lowest BCUT2D eigenvalue weighted by Gasteiger charge is -2.16. The van der Waals surface area contributed by atoms with Gasteiger partial charge in [0.05, 0.1) is 16.3 Å². The van der Waals surface area contributed by atoms with Crippen LogP contribution in [0.15, 0.2) is 36.4 Å². The first kappa shape index (κ1) is 18.4. The largest absolute Gasteiger partial charge is 0.337 e. The first-order chi connectivity index (χ1) is 12.4. The molecule has 0 spiro atoms. The standard InChI is InChI=1S/C21H25N3OS/c1-6-17-12-20(26-16(17)4)21(25)23(5)13-19-14(2)22-24(15(19)3)18-10-8-7-9-11-18/h7-12H,6,13H2,1-5H3. The van der Waals surface area contributed by atoms with E-state index in [0.717, 1.165) is 33.9 Å². The highest BCUT2D eigenvalue weighted by Gasteiger charge is 2.20. The van der Waals surface area contributed by atoms with Crippen molar-refractivity contribution in [3.8, 4) is 5.69 Å². The lowest BCUT2D eigenvalue weighted by Crippen LogP contribution is -2.26. The minimum absolute atomic E-state index is 0.0732. The first-order valence-corrected chi connectivity index (χ1v) is 9.69. The molecule has 0 aliphatic heterocycles. The minimum atomic E-state index is 0.0732. The number of thiophene rings is 1. The predicted octanol–water partition coefficient (Wildman–Crippen LogP) is 4.69. The van der Waals surface area contributed by atoms with E-state index >= 15 is 0 Å². The van der Waals surface area contributed by atoms with E-state index < -0.39 is 0 Å². The first-order valence-electron chi connectivity index (χ1n) is 8.87. The van der Waals surface area contributed by atoms with Gasteiger partial charge in [0.25, 0.3) is 5.91 Å². The van der Waals surface area contributed by atoms with Gasteiger partial charge in [-0.15, -0.1) is 11.3 Å². The second kappa shape index (κ2) is 7.46. The van der Waals surface area contributed by atoms with Crippen LogP contribution >= 0.6 is 11.3 Å². The Labute approximate surface area is 159 Å². The molecule has 0 aliphatic rings. The lowest BCUT2D eigenvalue weighted by molar-refractivity contribution is 0.0789. The van der Waals surface area contributed by atoms with Crippen molar-refractivity contribution in [3.05, 3.63) is 68.7 Å². The second-order valence-electron chi connectivity index (χ2n) is 6.60. The summed E-state index contributed by atoms with van der Waals surface area (Å²) in [4.78, 5) is 16.7. The van der Waals surface area contributed by atoms with Crippen molar-refractivity contribution in [1.29, 1.82) is 0 Å². The highest BCUT2D eigenvalue weighted by atomic mass is 32.1. The molecule has 5 heteroatoms. The van der Waals surface area contributed by atoms with E-state index in [1.807, 2.05) is 55.1 Å². The minimum Gasteiger partial charge on any atom is -0.337 e. The molecule has 0 aliphatic carbocycles. The zero-order valence-electron chi connectivity index (χ0n) is 16.0. The molecule has 0 saturated carbocycles. The van der Waals surface area contributed by atoms with Crippen LogP contribution in [0.25, 0.3) is 5.69 Å². The molecule has 2 aromatic heterocycles. The summed E-state index contributed by atoms with van der Waals surface area (Å²) < 4.78 is 1.95. The van der Waals surface area contributed by atoms with Gasteiger partial charge in [-0.1, -0.05) is 25.1 Å². The van der Waals surface area contributed by atoms with Gasteiger partial charge in [0.1, 0.15) is 0 Å². The molecule has 3 rings (SSSR count). The maximum atomic E-state index is 12.8. The fraction of sp³-hybridized carbons (Fsp3) is 0.333. The number of aryl methyl sites for hydroxylation is 3. The second-order valence-corrected chi connectivity index (χ2v) is 7.86. The Morgan fingerprint density at radius 3 is 2.50 bits per heavy atom. The van der Waals surface area contributed by atoms with Crippen molar-refractivity contribution in [2.45, 2.75) is 40.7 Å². The normalized spacial score (nSPS) is 11.0. The zero-order valence-corrected chi connectivity index (χ0v) is 16.9. The van der Waals surface area contributed by atoms with Crippen LogP contribution in [0.1, 0.15) is 44.0 Å². The van der Waals surface area contributed by atoms with E-state index in [1.165, 1.54) is 10.4 Å². The Morgan fingerprint density at radius 2 is 1.88 bits per heavy atom. The highest BCUT2D eigenvalue weighted by molar-refractivity contribution is 7.14. The maximum Gasteiger partial charge on any atom is 0.263 e. The molecule has 0 N–H and O–H groups in total. The molecule has 0 fully saturated rings. The summed E-state index contributed by atoms with van der Waals surface area (Å²) in [5, 5.41) is 4.68. The fourth-order valence-electron chi connectivity index (χ4n) is 3.20. The van der Waals surface area contributed by atoms with Gasteiger partial charge in [-0.2, -0.15) is 5.10 Å². The van der Waals surface area contributed by atoms with Crippen molar-refractivity contribution in [2.24, 2.45) is 0 Å². The third kappa shape index (κ3) is 3.44. The van der Waals surface area contributed by atoms with Crippen LogP contribution in [0, 0.1) is 20.8 Å². The van der Waals surface area contributed by atoms with Gasteiger partial charge >= 0.3 is 0 Å². The third-order valence-electron chi connectivity index (χ3n) is 4.80. The molecule has 136 valence electrons. The highest BCUT2D eigenvalue weighted by Crippen LogP contribution is 2.25. The molecule has 0 radical (unpaired) electrons. The van der Waals surface area contributed by atoms with E-state index in [2.05, 4.69) is 25.9 Å². The van der Waals surface area contributed by atoms with Crippen LogP contribution < -0.4 is 0 Å². The molecular weight excluding hydrogens is 342 g/mol. The van der Waals surface area contributed by atoms with Gasteiger partial charge in [-0.25, -0.2) is 4.68 Å². The monoisotopic (exact) mass is 367 g/mol. The summed E-state index contributed by atoms with van der Waals surface area (Å²) >= 11 is 1.58. The number of carbonyl (C=O) groups excluding carboxylic acids is 1. The smallest absolute Gasteiger partial charge is 0.263 e. The molecule has 0 bridgehead atoms. The van der Waals surface area contributed by atoms with E-state index in [4.69, 9.17) is 0 Å². The summed E-state index contributed by atoms with van der Waals surface area (Å²) in [6, 6.07) is 12.1. The van der Waals surface area contributed by atoms with Crippen molar-refractivity contribution in [3.63, 3.8) is 0 Å². The molecule has 26 heavy (non-hydrogen) atoms. The average Bonchev–Trinajstić information content (AvgIpc) is 3.16. The fourth-order valence-corrected chi connectivity index (χ4v) is 4.31. The number of nitrogens with zero attached hydrogens (tertiary/aromatic N) is 3. The maximum absolute atomic E-state index is 12.8. The Bertz CT molecular complexity index is 924. The van der Waals surface area contributed by atoms with Crippen LogP contribution in [0.3, 0.4) is 0 Å². The predicted molar refractivity (Wildman–Crippen MR) is 107 cm³/mol. The van der Waals surface area contributed by atoms with Crippen molar-refractivity contribution >= 4 is 17.2 Å². The van der Waals surface area contributed by atoms with Gasteiger partial charge in [0, 0.05) is 29.7 Å². The summed E-state index contributed by atoms with van der Waals surface area (Å²) in [5.74, 6) is 0.0732. The van der Waals surface area contributed by atoms with Gasteiger partial charge in [0.15, 0.2) is 0 Å². The van der Waals surface area contributed by atoms with Gasteiger partial charge in [-0.05, 0) is 51.0 Å². The number of carbonyl (C=O) groups is 1. The number of benzene rings is 1. The van der Waals surface area contributed by atoms with Crippen LogP contribution in [-0.2, 0) is 13.0 Å². The quantitative estimate of drug-likeness (QED) is 0.656. The van der Waals surface area contributed by atoms with Crippen LogP contribution in [-0.4, -0.2) is 27.6 Å². The average molecular weight is 368 g/mol. The van der Waals surface area contributed by atoms with Gasteiger partial charge < -0.3 is 4.90 Å². The van der Waals surface area contributed by atoms with Crippen LogP contribution in [0.5, 0.6) is 0 Å². The van der Waals surface area contributed by atoms with Crippen LogP contribution in [0.2, 0.25) is 0 Å². The Balaban J connectivity index is 1.84. The molecular formula is C21H25N3OS. The number of amides is 1. The molecule has 0 saturated heterocycles. The molecule has 1 amide bonds. The molecule has 0 atom stereocenters. The lowest BCUT2D eigenvalue weighted by atomic mass is 10.1. The molecule has 4 nitrogen and oxygen atoms in total. The van der Waals surface area contributed by atoms with E-state index in [1.54, 1.807) is 16.2 Å². The zero-order chi connectivity index (χ0) is 18.8. The summed E-state index contributed by atoms with van der Waals surface area (Å²) in [6.07, 6.45) is 0.960. The Morgan fingerprint density at radius 1 is 1.19 bits per heavy atom. The summed E-state index contributed by atoms with van der Waals surface area (Å²) in [7, 11) is 1.86. The molecule has 3 aromatic rings. The molecule has 0 unspecified atom stereocenters. The Hall–Kier alpha value is -2.40. The SMILES string of the molecule is CCc1cc(C(=O)N(C)Cc2c(C)nn(-c3ccccc3)c2C)sc1C. The number of rotatable bonds is 5. The molecule has 2 heterocycles. The topological polar surface area (TPSA) is 38.1 Å². The van der Waals surface area contributed by atoms with Crippen molar-refractivity contribution in [2.75, 3.05) is 7.05 Å². The summed E-state index contributed by atoms with van der Waals surface area (Å²) in [6.45, 7) is 8.83. The number of hydrogen-bond donors (Lipinski definition) is 0. The third-order valence-corrected chi connectivity index (χ3v) is 5.88. The number of para-hydroxylation sites is 1. The summed E-state index contributed by atoms with van der Waals surface area (Å²) in [5.41, 5.74) is 5.44. The van der Waals surface area contributed by atoms with Gasteiger partial charge in [-0.3, -0.25) is 4.79 Å². The van der Waals surface area contributed by atoms with Crippen molar-refractivity contribution < 1.29 is 4.79 Å². The van der Waals surface area contributed by atoms with E-state index in [0.29, 0.717) is 6.54 Å². The van der Waals surface area contributed by atoms with E-state index in [-0.39, 0.29) is 5.91 Å². The van der Waals surface area contributed by atoms with Crippen molar-refractivity contribution in [1.82, 2.24) is 14.7 Å². The van der Waals surface area contributed by atoms with Crippen LogP contribution in [0.4, 0.5) is 0 Å². The molecule has 1 aromatic carbocycles. The Kier molecular flexibility index (Phi) is 5.28. The number of hydrogen-bond acceptors (Lipinski definition) is 3.